The molecule has 1 fully saturated rings. The summed E-state index contributed by atoms with van der Waals surface area (Å²) in [6.07, 6.45) is 7.71. The second-order valence-electron chi connectivity index (χ2n) is 7.06. The molecule has 29 heavy (non-hydrogen) atoms. The van der Waals surface area contributed by atoms with Gasteiger partial charge in [0, 0.05) is 43.9 Å². The van der Waals surface area contributed by atoms with E-state index in [2.05, 4.69) is 34.3 Å². The topological polar surface area (TPSA) is 41.4 Å². The van der Waals surface area contributed by atoms with Crippen LogP contribution in [0.25, 0.3) is 11.8 Å². The summed E-state index contributed by atoms with van der Waals surface area (Å²) in [6.45, 7) is 4.07. The Bertz CT molecular complexity index is 991. The molecule has 2 heterocycles. The maximum Gasteiger partial charge on any atom is 0.257 e. The van der Waals surface area contributed by atoms with Crippen LogP contribution in [-0.4, -0.2) is 58.2 Å². The van der Waals surface area contributed by atoms with Crippen LogP contribution in [0.1, 0.15) is 15.9 Å². The van der Waals surface area contributed by atoms with Gasteiger partial charge in [0.25, 0.3) is 5.91 Å². The fraction of sp³-hybridized carbons (Fsp3) is 0.217. The lowest BCUT2D eigenvalue weighted by atomic mass is 10.2. The normalized spacial score (nSPS) is 15.1. The summed E-state index contributed by atoms with van der Waals surface area (Å²) in [6, 6.07) is 17.7. The molecule has 0 unspecified atom stereocenters. The molecule has 3 aromatic rings. The highest BCUT2D eigenvalue weighted by atomic mass is 35.5. The Morgan fingerprint density at radius 1 is 1.03 bits per heavy atom. The van der Waals surface area contributed by atoms with E-state index in [9.17, 15) is 4.79 Å². The molecule has 4 rings (SSSR count). The van der Waals surface area contributed by atoms with Gasteiger partial charge in [-0.1, -0.05) is 60.2 Å². The van der Waals surface area contributed by atoms with Gasteiger partial charge in [0.2, 0.25) is 0 Å². The van der Waals surface area contributed by atoms with Gasteiger partial charge in [-0.15, -0.1) is 0 Å². The number of carbonyl (C=O) groups is 1. The first kappa shape index (κ1) is 19.4. The minimum Gasteiger partial charge on any atom is -0.336 e. The summed E-state index contributed by atoms with van der Waals surface area (Å²) in [5.41, 5.74) is 2.65. The molecule has 5 nitrogen and oxygen atoms in total. The van der Waals surface area contributed by atoms with Crippen molar-refractivity contribution in [3.63, 3.8) is 0 Å². The number of aromatic nitrogens is 2. The first-order chi connectivity index (χ1) is 14.2. The van der Waals surface area contributed by atoms with Gasteiger partial charge >= 0.3 is 0 Å². The highest BCUT2D eigenvalue weighted by Gasteiger charge is 2.22. The van der Waals surface area contributed by atoms with Gasteiger partial charge in [0.05, 0.1) is 17.4 Å². The van der Waals surface area contributed by atoms with Gasteiger partial charge < -0.3 is 4.90 Å². The van der Waals surface area contributed by atoms with E-state index in [1.807, 2.05) is 47.4 Å². The number of hydrogen-bond acceptors (Lipinski definition) is 3. The maximum atomic E-state index is 12.8. The maximum absolute atomic E-state index is 12.8. The zero-order valence-electron chi connectivity index (χ0n) is 16.1. The molecule has 0 atom stereocenters. The van der Waals surface area contributed by atoms with E-state index in [1.54, 1.807) is 17.1 Å². The lowest BCUT2D eigenvalue weighted by molar-refractivity contribution is 0.0650. The van der Waals surface area contributed by atoms with E-state index in [1.165, 1.54) is 5.56 Å². The van der Waals surface area contributed by atoms with Crippen LogP contribution in [0, 0.1) is 0 Å². The molecule has 1 amide bonds. The van der Waals surface area contributed by atoms with Crippen molar-refractivity contribution >= 4 is 23.6 Å². The smallest absolute Gasteiger partial charge is 0.257 e. The zero-order chi connectivity index (χ0) is 20.1. The molecule has 1 aliphatic rings. The highest BCUT2D eigenvalue weighted by Crippen LogP contribution is 2.16. The van der Waals surface area contributed by atoms with E-state index in [-0.39, 0.29) is 5.91 Å². The van der Waals surface area contributed by atoms with Crippen molar-refractivity contribution in [2.75, 3.05) is 32.7 Å². The van der Waals surface area contributed by atoms with E-state index >= 15 is 0 Å². The van der Waals surface area contributed by atoms with E-state index in [4.69, 9.17) is 11.6 Å². The Labute approximate surface area is 175 Å². The second kappa shape index (κ2) is 9.07. The van der Waals surface area contributed by atoms with Gasteiger partial charge in [-0.3, -0.25) is 9.69 Å². The number of rotatable bonds is 5. The van der Waals surface area contributed by atoms with Gasteiger partial charge in [-0.05, 0) is 23.8 Å². The van der Waals surface area contributed by atoms with Crippen molar-refractivity contribution in [1.82, 2.24) is 19.6 Å². The molecule has 1 aliphatic heterocycles. The summed E-state index contributed by atoms with van der Waals surface area (Å²) >= 11 is 6.04. The molecule has 0 spiro atoms. The Morgan fingerprint density at radius 3 is 2.59 bits per heavy atom. The van der Waals surface area contributed by atoms with Crippen LogP contribution in [0.3, 0.4) is 0 Å². The van der Waals surface area contributed by atoms with Crippen molar-refractivity contribution in [3.05, 3.63) is 89.2 Å². The summed E-state index contributed by atoms with van der Waals surface area (Å²) in [7, 11) is 0. The van der Waals surface area contributed by atoms with Crippen LogP contribution in [0.5, 0.6) is 0 Å². The number of nitrogens with zero attached hydrogens (tertiary/aromatic N) is 4. The quantitative estimate of drug-likeness (QED) is 0.643. The highest BCUT2D eigenvalue weighted by molar-refractivity contribution is 6.30. The Morgan fingerprint density at radius 2 is 1.83 bits per heavy atom. The molecule has 0 radical (unpaired) electrons. The van der Waals surface area contributed by atoms with E-state index in [0.29, 0.717) is 10.6 Å². The van der Waals surface area contributed by atoms with Crippen molar-refractivity contribution in [2.24, 2.45) is 0 Å². The van der Waals surface area contributed by atoms with E-state index in [0.717, 1.165) is 38.4 Å². The molecule has 0 aliphatic carbocycles. The average molecular weight is 407 g/mol. The van der Waals surface area contributed by atoms with Crippen LogP contribution in [0.2, 0.25) is 5.02 Å². The van der Waals surface area contributed by atoms with Crippen molar-refractivity contribution in [3.8, 4) is 5.69 Å². The van der Waals surface area contributed by atoms with Crippen molar-refractivity contribution < 1.29 is 4.79 Å². The van der Waals surface area contributed by atoms with Crippen LogP contribution in [-0.2, 0) is 0 Å². The minimum absolute atomic E-state index is 0.0257. The predicted octanol–water partition coefficient (Wildman–Crippen LogP) is 4.00. The monoisotopic (exact) mass is 406 g/mol. The van der Waals surface area contributed by atoms with Crippen molar-refractivity contribution in [1.29, 1.82) is 0 Å². The van der Waals surface area contributed by atoms with Gasteiger partial charge in [-0.2, -0.15) is 5.10 Å². The fourth-order valence-corrected chi connectivity index (χ4v) is 3.60. The van der Waals surface area contributed by atoms with Crippen molar-refractivity contribution in [2.45, 2.75) is 0 Å². The number of hydrogen-bond donors (Lipinski definition) is 0. The molecule has 0 bridgehead atoms. The largest absolute Gasteiger partial charge is 0.336 e. The third-order valence-electron chi connectivity index (χ3n) is 5.04. The Hall–Kier alpha value is -2.89. The predicted molar refractivity (Wildman–Crippen MR) is 116 cm³/mol. The van der Waals surface area contributed by atoms with Gasteiger partial charge in [0.15, 0.2) is 0 Å². The number of benzene rings is 2. The number of carbonyl (C=O) groups excluding carboxylic acids is 1. The number of amides is 1. The summed E-state index contributed by atoms with van der Waals surface area (Å²) in [5, 5.41) is 4.96. The molecule has 2 aromatic carbocycles. The molecule has 1 saturated heterocycles. The SMILES string of the molecule is O=C(c1cnn(-c2cccc(Cl)c2)c1)N1CCN(CC=Cc2ccccc2)CC1. The molecular weight excluding hydrogens is 384 g/mol. The Balaban J connectivity index is 1.31. The second-order valence-corrected chi connectivity index (χ2v) is 7.50. The van der Waals surface area contributed by atoms with Crippen LogP contribution in [0.15, 0.2) is 73.1 Å². The minimum atomic E-state index is 0.0257. The van der Waals surface area contributed by atoms with Gasteiger partial charge in [-0.25, -0.2) is 4.68 Å². The number of piperazine rings is 1. The van der Waals surface area contributed by atoms with Gasteiger partial charge in [0.1, 0.15) is 0 Å². The zero-order valence-corrected chi connectivity index (χ0v) is 16.9. The summed E-state index contributed by atoms with van der Waals surface area (Å²) in [5.74, 6) is 0.0257. The standard InChI is InChI=1S/C23H23ClN4O/c24-21-9-4-10-22(16-21)28-18-20(17-25-28)23(29)27-14-12-26(13-15-27)11-5-8-19-6-2-1-3-7-19/h1-10,16-18H,11-15H2. The molecule has 0 saturated carbocycles. The van der Waals surface area contributed by atoms with Crippen LogP contribution in [0.4, 0.5) is 0 Å². The molecular formula is C23H23ClN4O. The van der Waals surface area contributed by atoms with Crippen LogP contribution >= 0.6 is 11.6 Å². The molecule has 1 aromatic heterocycles. The first-order valence-corrected chi connectivity index (χ1v) is 10.1. The van der Waals surface area contributed by atoms with E-state index < -0.39 is 0 Å². The average Bonchev–Trinajstić information content (AvgIpc) is 3.25. The lowest BCUT2D eigenvalue weighted by Crippen LogP contribution is -2.48. The number of halogens is 1. The van der Waals surface area contributed by atoms with Crippen LogP contribution < -0.4 is 0 Å². The Kier molecular flexibility index (Phi) is 6.08. The lowest BCUT2D eigenvalue weighted by Gasteiger charge is -2.34. The third kappa shape index (κ3) is 4.94. The summed E-state index contributed by atoms with van der Waals surface area (Å²) in [4.78, 5) is 17.1. The first-order valence-electron chi connectivity index (χ1n) is 9.73. The fourth-order valence-electron chi connectivity index (χ4n) is 3.41. The molecule has 0 N–H and O–H groups in total. The summed E-state index contributed by atoms with van der Waals surface area (Å²) < 4.78 is 1.68. The molecule has 6 heteroatoms. The third-order valence-corrected chi connectivity index (χ3v) is 5.27. The molecule has 148 valence electrons.